The Balaban J connectivity index is 3.99. The second-order valence-corrected chi connectivity index (χ2v) is 2.28. The number of rotatable bonds is 5. The minimum absolute atomic E-state index is 0.0818. The SMILES string of the molecule is N#CCCN(CCC#N)OC(F)(F)F. The molecule has 0 aliphatic heterocycles. The smallest absolute Gasteiger partial charge is 0.200 e. The zero-order valence-electron chi connectivity index (χ0n) is 7.21. The van der Waals surface area contributed by atoms with Crippen LogP contribution in [0.15, 0.2) is 0 Å². The average Bonchev–Trinajstić information content (AvgIpc) is 2.07. The van der Waals surface area contributed by atoms with Gasteiger partial charge in [0, 0.05) is 13.1 Å². The van der Waals surface area contributed by atoms with Crippen molar-refractivity contribution in [3.05, 3.63) is 0 Å². The van der Waals surface area contributed by atoms with Crippen LogP contribution in [-0.4, -0.2) is 24.5 Å². The predicted octanol–water partition coefficient (Wildman–Crippen LogP) is 1.57. The summed E-state index contributed by atoms with van der Waals surface area (Å²) in [4.78, 5) is 3.57. The first kappa shape index (κ1) is 12.7. The van der Waals surface area contributed by atoms with Gasteiger partial charge in [0.15, 0.2) is 0 Å². The van der Waals surface area contributed by atoms with Crippen LogP contribution in [0.2, 0.25) is 0 Å². The van der Waals surface area contributed by atoms with E-state index in [-0.39, 0.29) is 25.9 Å². The normalized spacial score (nSPS) is 11.0. The first-order valence-corrected chi connectivity index (χ1v) is 3.74. The summed E-state index contributed by atoms with van der Waals surface area (Å²) in [5, 5.41) is 16.9. The molecule has 78 valence electrons. The Morgan fingerprint density at radius 3 is 1.79 bits per heavy atom. The lowest BCUT2D eigenvalue weighted by Gasteiger charge is -2.20. The Morgan fingerprint density at radius 2 is 1.50 bits per heavy atom. The summed E-state index contributed by atoms with van der Waals surface area (Å²) in [6.45, 7) is -0.338. The minimum atomic E-state index is -4.77. The fraction of sp³-hybridized carbons (Fsp3) is 0.714. The van der Waals surface area contributed by atoms with Gasteiger partial charge in [-0.25, -0.2) is 4.84 Å². The van der Waals surface area contributed by atoms with Crippen LogP contribution in [0.4, 0.5) is 13.2 Å². The van der Waals surface area contributed by atoms with Crippen LogP contribution in [0.1, 0.15) is 12.8 Å². The molecule has 4 nitrogen and oxygen atoms in total. The molecule has 0 radical (unpaired) electrons. The number of hydroxylamine groups is 2. The van der Waals surface area contributed by atoms with Crippen LogP contribution in [0.25, 0.3) is 0 Å². The van der Waals surface area contributed by atoms with Crippen molar-refractivity contribution in [2.45, 2.75) is 19.2 Å². The second kappa shape index (κ2) is 6.19. The lowest BCUT2D eigenvalue weighted by Crippen LogP contribution is -2.32. The summed E-state index contributed by atoms with van der Waals surface area (Å²) < 4.78 is 35.2. The maximum atomic E-state index is 11.7. The van der Waals surface area contributed by atoms with E-state index in [0.29, 0.717) is 5.06 Å². The van der Waals surface area contributed by atoms with Gasteiger partial charge in [0.2, 0.25) is 0 Å². The maximum Gasteiger partial charge on any atom is 0.539 e. The summed E-state index contributed by atoms with van der Waals surface area (Å²) in [7, 11) is 0. The summed E-state index contributed by atoms with van der Waals surface area (Å²) >= 11 is 0. The van der Waals surface area contributed by atoms with E-state index in [2.05, 4.69) is 4.84 Å². The maximum absolute atomic E-state index is 11.7. The van der Waals surface area contributed by atoms with E-state index in [1.165, 1.54) is 0 Å². The van der Waals surface area contributed by atoms with Gasteiger partial charge in [-0.3, -0.25) is 0 Å². The molecule has 0 aromatic carbocycles. The number of hydrogen-bond acceptors (Lipinski definition) is 4. The largest absolute Gasteiger partial charge is 0.539 e. The molecule has 7 heteroatoms. The van der Waals surface area contributed by atoms with Crippen molar-refractivity contribution in [2.24, 2.45) is 0 Å². The Hall–Kier alpha value is -1.31. The van der Waals surface area contributed by atoms with E-state index in [0.717, 1.165) is 0 Å². The van der Waals surface area contributed by atoms with Crippen LogP contribution in [0.5, 0.6) is 0 Å². The highest BCUT2D eigenvalue weighted by molar-refractivity contribution is 4.73. The summed E-state index contributed by atoms with van der Waals surface area (Å²) in [6, 6.07) is 3.38. The topological polar surface area (TPSA) is 60.0 Å². The molecule has 0 aliphatic rings. The molecule has 0 aromatic heterocycles. The monoisotopic (exact) mass is 207 g/mol. The van der Waals surface area contributed by atoms with Crippen molar-refractivity contribution in [1.82, 2.24) is 5.06 Å². The first-order valence-electron chi connectivity index (χ1n) is 3.74. The minimum Gasteiger partial charge on any atom is -0.200 e. The highest BCUT2D eigenvalue weighted by atomic mass is 19.4. The molecular formula is C7H8F3N3O. The Morgan fingerprint density at radius 1 is 1.07 bits per heavy atom. The van der Waals surface area contributed by atoms with Crippen molar-refractivity contribution in [2.75, 3.05) is 13.1 Å². The van der Waals surface area contributed by atoms with E-state index in [9.17, 15) is 13.2 Å². The molecule has 0 spiro atoms. The molecule has 14 heavy (non-hydrogen) atoms. The summed E-state index contributed by atoms with van der Waals surface area (Å²) in [5.41, 5.74) is 0. The van der Waals surface area contributed by atoms with E-state index in [1.54, 1.807) is 12.1 Å². The molecule has 0 bridgehead atoms. The van der Waals surface area contributed by atoms with Gasteiger partial charge >= 0.3 is 6.36 Å². The molecule has 0 amide bonds. The van der Waals surface area contributed by atoms with Crippen LogP contribution in [0, 0.1) is 22.7 Å². The van der Waals surface area contributed by atoms with Gasteiger partial charge in [-0.05, 0) is 0 Å². The Bertz CT molecular complexity index is 222. The van der Waals surface area contributed by atoms with Gasteiger partial charge in [-0.2, -0.15) is 15.6 Å². The van der Waals surface area contributed by atoms with Crippen molar-refractivity contribution < 1.29 is 18.0 Å². The van der Waals surface area contributed by atoms with Gasteiger partial charge < -0.3 is 0 Å². The Labute approximate surface area is 79.0 Å². The molecule has 0 N–H and O–H groups in total. The number of nitriles is 2. The molecule has 0 atom stereocenters. The molecule has 0 fully saturated rings. The fourth-order valence-corrected chi connectivity index (χ4v) is 0.699. The predicted molar refractivity (Wildman–Crippen MR) is 39.2 cm³/mol. The van der Waals surface area contributed by atoms with E-state index in [4.69, 9.17) is 10.5 Å². The van der Waals surface area contributed by atoms with Gasteiger partial charge in [0.25, 0.3) is 0 Å². The molecule has 0 saturated carbocycles. The number of hydrogen-bond donors (Lipinski definition) is 0. The van der Waals surface area contributed by atoms with Crippen molar-refractivity contribution in [3.63, 3.8) is 0 Å². The van der Waals surface area contributed by atoms with Crippen LogP contribution < -0.4 is 0 Å². The van der Waals surface area contributed by atoms with E-state index >= 15 is 0 Å². The van der Waals surface area contributed by atoms with Gasteiger partial charge in [0.05, 0.1) is 25.0 Å². The number of nitrogens with zero attached hydrogens (tertiary/aromatic N) is 3. The first-order chi connectivity index (χ1) is 6.49. The highest BCUT2D eigenvalue weighted by Crippen LogP contribution is 2.18. The number of alkyl halides is 3. The molecule has 0 unspecified atom stereocenters. The molecular weight excluding hydrogens is 199 g/mol. The van der Waals surface area contributed by atoms with E-state index < -0.39 is 6.36 Å². The average molecular weight is 207 g/mol. The molecule has 0 heterocycles. The zero-order valence-corrected chi connectivity index (χ0v) is 7.21. The fourth-order valence-electron chi connectivity index (χ4n) is 0.699. The van der Waals surface area contributed by atoms with Crippen LogP contribution >= 0.6 is 0 Å². The molecule has 0 aliphatic carbocycles. The zero-order chi connectivity index (χ0) is 11.0. The quantitative estimate of drug-likeness (QED) is 0.642. The molecule has 0 aromatic rings. The summed E-state index contributed by atoms with van der Waals surface area (Å²) in [5.74, 6) is 0. The third-order valence-electron chi connectivity index (χ3n) is 1.18. The third-order valence-corrected chi connectivity index (χ3v) is 1.18. The number of halogens is 3. The lowest BCUT2D eigenvalue weighted by molar-refractivity contribution is -0.413. The van der Waals surface area contributed by atoms with Gasteiger partial charge in [0.1, 0.15) is 0 Å². The standard InChI is InChI=1S/C7H8F3N3O/c8-7(9,10)14-13(5-1-3-11)6-2-4-12/h1-2,5-6H2. The van der Waals surface area contributed by atoms with Crippen LogP contribution in [0.3, 0.4) is 0 Å². The Kier molecular flexibility index (Phi) is 5.61. The van der Waals surface area contributed by atoms with Gasteiger partial charge in [-0.1, -0.05) is 0 Å². The van der Waals surface area contributed by atoms with Crippen LogP contribution in [-0.2, 0) is 4.84 Å². The highest BCUT2D eigenvalue weighted by Gasteiger charge is 2.33. The van der Waals surface area contributed by atoms with E-state index in [1.807, 2.05) is 0 Å². The molecule has 0 saturated heterocycles. The molecule has 0 rings (SSSR count). The summed E-state index contributed by atoms with van der Waals surface area (Å²) in [6.07, 6.45) is -4.94. The van der Waals surface area contributed by atoms with Crippen molar-refractivity contribution in [1.29, 1.82) is 10.5 Å². The lowest BCUT2D eigenvalue weighted by atomic mass is 10.4. The van der Waals surface area contributed by atoms with Gasteiger partial charge in [-0.15, -0.1) is 13.2 Å². The second-order valence-electron chi connectivity index (χ2n) is 2.28. The van der Waals surface area contributed by atoms with Crippen molar-refractivity contribution in [3.8, 4) is 12.1 Å². The third kappa shape index (κ3) is 7.35. The van der Waals surface area contributed by atoms with Crippen molar-refractivity contribution >= 4 is 0 Å².